The van der Waals surface area contributed by atoms with Crippen LogP contribution in [0.15, 0.2) is 54.6 Å². The number of para-hydroxylation sites is 1. The predicted octanol–water partition coefficient (Wildman–Crippen LogP) is 4.08. The zero-order valence-electron chi connectivity index (χ0n) is 16.7. The molecule has 1 fully saturated rings. The highest BCUT2D eigenvalue weighted by Gasteiger charge is 2.27. The molecule has 150 valence electrons. The number of carbonyl (C=O) groups is 2. The minimum atomic E-state index is -0.530. The first-order chi connectivity index (χ1) is 14.1. The number of fused-ring (bicyclic) bond motifs is 1. The van der Waals surface area contributed by atoms with Gasteiger partial charge in [-0.05, 0) is 42.9 Å². The van der Waals surface area contributed by atoms with Gasteiger partial charge in [-0.15, -0.1) is 0 Å². The van der Waals surface area contributed by atoms with E-state index >= 15 is 0 Å². The van der Waals surface area contributed by atoms with Crippen molar-refractivity contribution in [2.24, 2.45) is 5.92 Å². The summed E-state index contributed by atoms with van der Waals surface area (Å²) in [7, 11) is 0. The van der Waals surface area contributed by atoms with Gasteiger partial charge in [0.05, 0.1) is 0 Å². The Hall–Kier alpha value is -3.08. The monoisotopic (exact) mass is 389 g/mol. The lowest BCUT2D eigenvalue weighted by Crippen LogP contribution is -2.46. The number of rotatable bonds is 8. The highest BCUT2D eigenvalue weighted by atomic mass is 16.2. The number of amides is 2. The number of H-pyrrole nitrogens is 1. The van der Waals surface area contributed by atoms with E-state index in [0.29, 0.717) is 24.6 Å². The molecule has 2 amide bonds. The van der Waals surface area contributed by atoms with E-state index in [2.05, 4.69) is 15.6 Å². The van der Waals surface area contributed by atoms with Crippen LogP contribution in [0.5, 0.6) is 0 Å². The molecule has 1 unspecified atom stereocenters. The fourth-order valence-corrected chi connectivity index (χ4v) is 3.73. The number of aromatic amines is 1. The summed E-state index contributed by atoms with van der Waals surface area (Å²) >= 11 is 0. The standard InChI is InChI=1S/C24H27N3O2/c1-16-19-9-5-6-10-20(19)26-22(16)24(29)27-21(14-13-17-11-12-17)23(28)25-15-18-7-3-2-4-8-18/h2-10,17,21,26H,11-15H2,1H3,(H,25,28)(H,27,29). The molecule has 0 spiro atoms. The van der Waals surface area contributed by atoms with Gasteiger partial charge in [0, 0.05) is 17.4 Å². The van der Waals surface area contributed by atoms with Crippen LogP contribution in [0.1, 0.15) is 47.3 Å². The van der Waals surface area contributed by atoms with Gasteiger partial charge in [-0.1, -0.05) is 61.4 Å². The number of carbonyl (C=O) groups excluding carboxylic acids is 2. The summed E-state index contributed by atoms with van der Waals surface area (Å²) in [5, 5.41) is 6.98. The van der Waals surface area contributed by atoms with Crippen LogP contribution in [0.4, 0.5) is 0 Å². The van der Waals surface area contributed by atoms with Crippen molar-refractivity contribution in [1.82, 2.24) is 15.6 Å². The van der Waals surface area contributed by atoms with Crippen molar-refractivity contribution >= 4 is 22.7 Å². The van der Waals surface area contributed by atoms with Crippen LogP contribution < -0.4 is 10.6 Å². The summed E-state index contributed by atoms with van der Waals surface area (Å²) in [4.78, 5) is 29.0. The molecule has 1 aliphatic carbocycles. The van der Waals surface area contributed by atoms with Crippen LogP contribution in [-0.2, 0) is 11.3 Å². The Bertz CT molecular complexity index is 1010. The van der Waals surface area contributed by atoms with Gasteiger partial charge >= 0.3 is 0 Å². The zero-order chi connectivity index (χ0) is 20.2. The van der Waals surface area contributed by atoms with Crippen molar-refractivity contribution in [3.8, 4) is 0 Å². The molecule has 1 atom stereocenters. The number of hydrogen-bond donors (Lipinski definition) is 3. The SMILES string of the molecule is Cc1c(C(=O)NC(CCC2CC2)C(=O)NCc2ccccc2)[nH]c2ccccc12. The minimum Gasteiger partial charge on any atom is -0.350 e. The maximum absolute atomic E-state index is 13.0. The number of aryl methyl sites for hydroxylation is 1. The lowest BCUT2D eigenvalue weighted by molar-refractivity contribution is -0.123. The summed E-state index contributed by atoms with van der Waals surface area (Å²) in [6, 6.07) is 17.1. The Morgan fingerprint density at radius 1 is 1.07 bits per heavy atom. The number of aromatic nitrogens is 1. The molecule has 5 heteroatoms. The Kier molecular flexibility index (Phi) is 5.65. The van der Waals surface area contributed by atoms with Gasteiger partial charge in [-0.3, -0.25) is 9.59 Å². The molecule has 1 saturated carbocycles. The van der Waals surface area contributed by atoms with Crippen molar-refractivity contribution in [1.29, 1.82) is 0 Å². The average Bonchev–Trinajstić information content (AvgIpc) is 3.52. The molecule has 2 aromatic carbocycles. The topological polar surface area (TPSA) is 74.0 Å². The summed E-state index contributed by atoms with van der Waals surface area (Å²) in [6.45, 7) is 2.39. The quantitative estimate of drug-likeness (QED) is 0.543. The number of benzene rings is 2. The van der Waals surface area contributed by atoms with Crippen molar-refractivity contribution < 1.29 is 9.59 Å². The van der Waals surface area contributed by atoms with E-state index in [0.717, 1.165) is 28.5 Å². The summed E-state index contributed by atoms with van der Waals surface area (Å²) in [6.07, 6.45) is 4.09. The highest BCUT2D eigenvalue weighted by molar-refractivity contribution is 6.02. The highest BCUT2D eigenvalue weighted by Crippen LogP contribution is 2.34. The van der Waals surface area contributed by atoms with Crippen LogP contribution in [0.3, 0.4) is 0 Å². The lowest BCUT2D eigenvalue weighted by Gasteiger charge is -2.18. The van der Waals surface area contributed by atoms with E-state index < -0.39 is 6.04 Å². The first-order valence-corrected chi connectivity index (χ1v) is 10.3. The van der Waals surface area contributed by atoms with Crippen LogP contribution in [0.25, 0.3) is 10.9 Å². The largest absolute Gasteiger partial charge is 0.350 e. The van der Waals surface area contributed by atoms with Crippen molar-refractivity contribution in [2.45, 2.75) is 45.2 Å². The van der Waals surface area contributed by atoms with Gasteiger partial charge in [0.2, 0.25) is 5.91 Å². The molecule has 4 rings (SSSR count). The third kappa shape index (κ3) is 4.67. The molecular formula is C24H27N3O2. The van der Waals surface area contributed by atoms with Gasteiger partial charge in [-0.2, -0.15) is 0 Å². The Balaban J connectivity index is 1.45. The molecule has 29 heavy (non-hydrogen) atoms. The van der Waals surface area contributed by atoms with Crippen LogP contribution >= 0.6 is 0 Å². The van der Waals surface area contributed by atoms with E-state index in [9.17, 15) is 9.59 Å². The van der Waals surface area contributed by atoms with Gasteiger partial charge < -0.3 is 15.6 Å². The first-order valence-electron chi connectivity index (χ1n) is 10.3. The Morgan fingerprint density at radius 3 is 2.52 bits per heavy atom. The molecule has 1 aliphatic rings. The van der Waals surface area contributed by atoms with Gasteiger partial charge in [-0.25, -0.2) is 0 Å². The maximum Gasteiger partial charge on any atom is 0.268 e. The third-order valence-corrected chi connectivity index (χ3v) is 5.68. The molecule has 5 nitrogen and oxygen atoms in total. The van der Waals surface area contributed by atoms with Crippen molar-refractivity contribution in [3.63, 3.8) is 0 Å². The normalized spacial score (nSPS) is 14.5. The second kappa shape index (κ2) is 8.52. The zero-order valence-corrected chi connectivity index (χ0v) is 16.7. The molecule has 3 N–H and O–H groups in total. The second-order valence-corrected chi connectivity index (χ2v) is 7.92. The van der Waals surface area contributed by atoms with E-state index in [-0.39, 0.29) is 11.8 Å². The number of hydrogen-bond acceptors (Lipinski definition) is 2. The molecule has 0 radical (unpaired) electrons. The molecule has 1 heterocycles. The van der Waals surface area contributed by atoms with E-state index in [4.69, 9.17) is 0 Å². The summed E-state index contributed by atoms with van der Waals surface area (Å²) in [5.74, 6) is 0.345. The van der Waals surface area contributed by atoms with Crippen molar-refractivity contribution in [2.75, 3.05) is 0 Å². The number of nitrogens with one attached hydrogen (secondary N) is 3. The van der Waals surface area contributed by atoms with Gasteiger partial charge in [0.25, 0.3) is 5.91 Å². The van der Waals surface area contributed by atoms with E-state index in [1.807, 2.05) is 61.5 Å². The predicted molar refractivity (Wildman–Crippen MR) is 115 cm³/mol. The Morgan fingerprint density at radius 2 is 1.79 bits per heavy atom. The van der Waals surface area contributed by atoms with Crippen LogP contribution in [0, 0.1) is 12.8 Å². The average molecular weight is 389 g/mol. The lowest BCUT2D eigenvalue weighted by atomic mass is 10.1. The molecule has 0 aliphatic heterocycles. The van der Waals surface area contributed by atoms with E-state index in [1.165, 1.54) is 12.8 Å². The fraction of sp³-hybridized carbons (Fsp3) is 0.333. The first kappa shape index (κ1) is 19.2. The Labute approximate surface area is 170 Å². The molecule has 0 bridgehead atoms. The minimum absolute atomic E-state index is 0.128. The van der Waals surface area contributed by atoms with Crippen LogP contribution in [-0.4, -0.2) is 22.8 Å². The van der Waals surface area contributed by atoms with Gasteiger partial charge in [0.1, 0.15) is 11.7 Å². The maximum atomic E-state index is 13.0. The summed E-state index contributed by atoms with van der Waals surface area (Å²) in [5.41, 5.74) is 3.40. The molecule has 0 saturated heterocycles. The molecule has 1 aromatic heterocycles. The van der Waals surface area contributed by atoms with Crippen LogP contribution in [0.2, 0.25) is 0 Å². The third-order valence-electron chi connectivity index (χ3n) is 5.68. The van der Waals surface area contributed by atoms with E-state index in [1.54, 1.807) is 0 Å². The molecular weight excluding hydrogens is 362 g/mol. The fourth-order valence-electron chi connectivity index (χ4n) is 3.73. The van der Waals surface area contributed by atoms with Gasteiger partial charge in [0.15, 0.2) is 0 Å². The smallest absolute Gasteiger partial charge is 0.268 e. The molecule has 3 aromatic rings. The second-order valence-electron chi connectivity index (χ2n) is 7.92. The van der Waals surface area contributed by atoms with Crippen molar-refractivity contribution in [3.05, 3.63) is 71.4 Å². The summed E-state index contributed by atoms with van der Waals surface area (Å²) < 4.78 is 0.